The summed E-state index contributed by atoms with van der Waals surface area (Å²) in [5, 5.41) is 2.75. The normalized spacial score (nSPS) is 11.1. The molecule has 0 aliphatic rings. The second-order valence-electron chi connectivity index (χ2n) is 6.16. The highest BCUT2D eigenvalue weighted by molar-refractivity contribution is 7.92. The van der Waals surface area contributed by atoms with Crippen LogP contribution in [0.2, 0.25) is 0 Å². The van der Waals surface area contributed by atoms with E-state index in [1.165, 1.54) is 6.07 Å². The number of halogens is 2. The predicted octanol–water partition coefficient (Wildman–Crippen LogP) is 2.84. The van der Waals surface area contributed by atoms with Crippen molar-refractivity contribution in [2.75, 3.05) is 24.2 Å². The summed E-state index contributed by atoms with van der Waals surface area (Å²) in [5.41, 5.74) is 0.911. The van der Waals surface area contributed by atoms with E-state index in [-0.39, 0.29) is 31.0 Å². The molecule has 6 nitrogen and oxygen atoms in total. The van der Waals surface area contributed by atoms with Crippen LogP contribution in [0.15, 0.2) is 42.5 Å². The Labute approximate surface area is 163 Å². The Morgan fingerprint density at radius 1 is 1.11 bits per heavy atom. The fraction of sp³-hybridized carbons (Fsp3) is 0.316. The minimum absolute atomic E-state index is 0.0139. The van der Waals surface area contributed by atoms with Gasteiger partial charge in [0.25, 0.3) is 0 Å². The highest BCUT2D eigenvalue weighted by atomic mass is 32.2. The molecule has 28 heavy (non-hydrogen) atoms. The van der Waals surface area contributed by atoms with Gasteiger partial charge in [0.2, 0.25) is 15.9 Å². The number of benzene rings is 2. The Morgan fingerprint density at radius 3 is 2.36 bits per heavy atom. The van der Waals surface area contributed by atoms with Crippen molar-refractivity contribution < 1.29 is 26.7 Å². The number of nitrogens with zero attached hydrogens (tertiary/aromatic N) is 1. The first-order chi connectivity index (χ1) is 13.2. The molecular formula is C19H22F2N2O4S. The largest absolute Gasteiger partial charge is 0.497 e. The van der Waals surface area contributed by atoms with Crippen LogP contribution < -0.4 is 14.4 Å². The van der Waals surface area contributed by atoms with Gasteiger partial charge in [-0.1, -0.05) is 12.1 Å². The van der Waals surface area contributed by atoms with Crippen molar-refractivity contribution in [1.29, 1.82) is 0 Å². The smallest absolute Gasteiger partial charge is 0.232 e. The standard InChI is InChI=1S/C19H22F2N2O4S/c1-27-16-8-5-14(6-9-16)13-22-19(24)4-3-11-23(28(2,25)26)15-7-10-17(20)18(21)12-15/h5-10,12H,3-4,11,13H2,1-2H3,(H,22,24). The highest BCUT2D eigenvalue weighted by Gasteiger charge is 2.19. The summed E-state index contributed by atoms with van der Waals surface area (Å²) in [4.78, 5) is 12.0. The molecule has 0 bridgehead atoms. The Balaban J connectivity index is 1.89. The average Bonchev–Trinajstić information content (AvgIpc) is 2.65. The first kappa shape index (κ1) is 21.6. The summed E-state index contributed by atoms with van der Waals surface area (Å²) in [6.07, 6.45) is 1.28. The maximum Gasteiger partial charge on any atom is 0.232 e. The van der Waals surface area contributed by atoms with Gasteiger partial charge < -0.3 is 10.1 Å². The van der Waals surface area contributed by atoms with Crippen molar-refractivity contribution in [3.05, 3.63) is 59.7 Å². The van der Waals surface area contributed by atoms with Gasteiger partial charge in [0, 0.05) is 25.6 Å². The third kappa shape index (κ3) is 6.19. The maximum atomic E-state index is 13.4. The van der Waals surface area contributed by atoms with Gasteiger partial charge in [-0.2, -0.15) is 0 Å². The van der Waals surface area contributed by atoms with Crippen molar-refractivity contribution in [3.8, 4) is 5.75 Å². The number of hydrogen-bond donors (Lipinski definition) is 1. The lowest BCUT2D eigenvalue weighted by molar-refractivity contribution is -0.121. The molecule has 0 atom stereocenters. The molecule has 0 fully saturated rings. The van der Waals surface area contributed by atoms with Crippen LogP contribution in [-0.2, 0) is 21.4 Å². The van der Waals surface area contributed by atoms with E-state index < -0.39 is 21.7 Å². The Kier molecular flexibility index (Phi) is 7.33. The molecule has 0 heterocycles. The second-order valence-corrected chi connectivity index (χ2v) is 8.07. The minimum Gasteiger partial charge on any atom is -0.497 e. The number of rotatable bonds is 9. The summed E-state index contributed by atoms with van der Waals surface area (Å²) in [7, 11) is -2.14. The fourth-order valence-electron chi connectivity index (χ4n) is 2.54. The molecule has 9 heteroatoms. The van der Waals surface area contributed by atoms with Gasteiger partial charge in [0.1, 0.15) is 5.75 Å². The quantitative estimate of drug-likeness (QED) is 0.687. The number of anilines is 1. The number of hydrogen-bond acceptors (Lipinski definition) is 4. The van der Waals surface area contributed by atoms with E-state index >= 15 is 0 Å². The summed E-state index contributed by atoms with van der Waals surface area (Å²) in [5.74, 6) is -1.72. The van der Waals surface area contributed by atoms with E-state index in [1.807, 2.05) is 12.1 Å². The van der Waals surface area contributed by atoms with E-state index in [0.29, 0.717) is 12.3 Å². The first-order valence-electron chi connectivity index (χ1n) is 8.53. The first-order valence-corrected chi connectivity index (χ1v) is 10.4. The zero-order valence-corrected chi connectivity index (χ0v) is 16.4. The Hall–Kier alpha value is -2.68. The fourth-order valence-corrected chi connectivity index (χ4v) is 3.50. The molecule has 0 aromatic heterocycles. The number of amides is 1. The molecule has 0 saturated carbocycles. The molecule has 0 aliphatic heterocycles. The van der Waals surface area contributed by atoms with Gasteiger partial charge in [-0.25, -0.2) is 17.2 Å². The lowest BCUT2D eigenvalue weighted by Crippen LogP contribution is -2.32. The number of methoxy groups -OCH3 is 1. The number of sulfonamides is 1. The minimum atomic E-state index is -3.71. The molecule has 1 N–H and O–H groups in total. The Morgan fingerprint density at radius 2 is 1.79 bits per heavy atom. The van der Waals surface area contributed by atoms with E-state index in [4.69, 9.17) is 4.74 Å². The summed E-state index contributed by atoms with van der Waals surface area (Å²) < 4.78 is 56.4. The molecule has 2 aromatic rings. The van der Waals surface area contributed by atoms with E-state index in [1.54, 1.807) is 19.2 Å². The van der Waals surface area contributed by atoms with Crippen molar-refractivity contribution in [2.24, 2.45) is 0 Å². The van der Waals surface area contributed by atoms with Gasteiger partial charge >= 0.3 is 0 Å². The third-order valence-electron chi connectivity index (χ3n) is 4.01. The third-order valence-corrected chi connectivity index (χ3v) is 5.20. The molecule has 0 aliphatic carbocycles. The summed E-state index contributed by atoms with van der Waals surface area (Å²) in [6.45, 7) is 0.307. The molecule has 1 amide bonds. The molecule has 152 valence electrons. The van der Waals surface area contributed by atoms with E-state index in [2.05, 4.69) is 5.32 Å². The van der Waals surface area contributed by atoms with Crippen LogP contribution in [0.5, 0.6) is 5.75 Å². The van der Waals surface area contributed by atoms with Crippen molar-refractivity contribution in [2.45, 2.75) is 19.4 Å². The van der Waals surface area contributed by atoms with Crippen LogP contribution in [0.25, 0.3) is 0 Å². The van der Waals surface area contributed by atoms with Gasteiger partial charge in [0.05, 0.1) is 19.1 Å². The van der Waals surface area contributed by atoms with Gasteiger partial charge in [-0.15, -0.1) is 0 Å². The highest BCUT2D eigenvalue weighted by Crippen LogP contribution is 2.21. The SMILES string of the molecule is COc1ccc(CNC(=O)CCCN(c2ccc(F)c(F)c2)S(C)(=O)=O)cc1. The van der Waals surface area contributed by atoms with Crippen LogP contribution in [-0.4, -0.2) is 34.2 Å². The molecule has 0 spiro atoms. The number of nitrogens with one attached hydrogen (secondary N) is 1. The topological polar surface area (TPSA) is 75.7 Å². The lowest BCUT2D eigenvalue weighted by atomic mass is 10.2. The van der Waals surface area contributed by atoms with Crippen LogP contribution >= 0.6 is 0 Å². The second kappa shape index (κ2) is 9.50. The average molecular weight is 412 g/mol. The van der Waals surface area contributed by atoms with Crippen molar-refractivity contribution in [3.63, 3.8) is 0 Å². The van der Waals surface area contributed by atoms with Gasteiger partial charge in [0.15, 0.2) is 11.6 Å². The zero-order chi connectivity index (χ0) is 20.7. The Bertz CT molecular complexity index is 918. The van der Waals surface area contributed by atoms with Crippen LogP contribution in [0, 0.1) is 11.6 Å². The maximum absolute atomic E-state index is 13.4. The van der Waals surface area contributed by atoms with E-state index in [0.717, 1.165) is 28.3 Å². The van der Waals surface area contributed by atoms with Crippen LogP contribution in [0.1, 0.15) is 18.4 Å². The molecular weight excluding hydrogens is 390 g/mol. The number of ether oxygens (including phenoxy) is 1. The summed E-state index contributed by atoms with van der Waals surface area (Å²) >= 11 is 0. The number of carbonyl (C=O) groups excluding carboxylic acids is 1. The molecule has 0 unspecified atom stereocenters. The van der Waals surface area contributed by atoms with Crippen molar-refractivity contribution in [1.82, 2.24) is 5.32 Å². The van der Waals surface area contributed by atoms with Crippen LogP contribution in [0.4, 0.5) is 14.5 Å². The zero-order valence-electron chi connectivity index (χ0n) is 15.6. The van der Waals surface area contributed by atoms with E-state index in [9.17, 15) is 22.0 Å². The summed E-state index contributed by atoms with van der Waals surface area (Å²) in [6, 6.07) is 10.1. The lowest BCUT2D eigenvalue weighted by Gasteiger charge is -2.22. The number of carbonyl (C=O) groups is 1. The molecule has 2 aromatic carbocycles. The van der Waals surface area contributed by atoms with Gasteiger partial charge in [-0.05, 0) is 36.2 Å². The molecule has 0 saturated heterocycles. The monoisotopic (exact) mass is 412 g/mol. The molecule has 2 rings (SSSR count). The van der Waals surface area contributed by atoms with Crippen LogP contribution in [0.3, 0.4) is 0 Å². The van der Waals surface area contributed by atoms with Crippen molar-refractivity contribution >= 4 is 21.6 Å². The van der Waals surface area contributed by atoms with Gasteiger partial charge in [-0.3, -0.25) is 9.10 Å². The molecule has 0 radical (unpaired) electrons. The predicted molar refractivity (Wildman–Crippen MR) is 103 cm³/mol.